The molecule has 19 heavy (non-hydrogen) atoms. The van der Waals surface area contributed by atoms with Crippen LogP contribution in [0.5, 0.6) is 0 Å². The molecule has 2 rings (SSSR count). The second-order valence-corrected chi connectivity index (χ2v) is 5.50. The molecule has 0 bridgehead atoms. The minimum atomic E-state index is 0.0126. The van der Waals surface area contributed by atoms with Crippen LogP contribution in [-0.4, -0.2) is 30.4 Å². The van der Waals surface area contributed by atoms with E-state index in [4.69, 9.17) is 0 Å². The second-order valence-electron chi connectivity index (χ2n) is 5.50. The minimum absolute atomic E-state index is 0.0126. The van der Waals surface area contributed by atoms with Gasteiger partial charge in [-0.15, -0.1) is 0 Å². The van der Waals surface area contributed by atoms with Crippen molar-refractivity contribution in [1.82, 2.24) is 4.90 Å². The highest BCUT2D eigenvalue weighted by Crippen LogP contribution is 2.29. The summed E-state index contributed by atoms with van der Waals surface area (Å²) in [5, 5.41) is 2.95. The maximum Gasteiger partial charge on any atom is 0.221 e. The van der Waals surface area contributed by atoms with Gasteiger partial charge in [-0.05, 0) is 56.5 Å². The van der Waals surface area contributed by atoms with E-state index >= 15 is 0 Å². The highest BCUT2D eigenvalue weighted by Gasteiger charge is 2.23. The van der Waals surface area contributed by atoms with Crippen LogP contribution in [0.3, 0.4) is 0 Å². The molecule has 1 aliphatic rings. The molecule has 1 unspecified atom stereocenters. The molecule has 3 nitrogen and oxygen atoms in total. The fourth-order valence-electron chi connectivity index (χ4n) is 3.01. The molecule has 0 spiro atoms. The average molecular weight is 260 g/mol. The first kappa shape index (κ1) is 14.1. The highest BCUT2D eigenvalue weighted by atomic mass is 16.1. The van der Waals surface area contributed by atoms with Gasteiger partial charge in [0, 0.05) is 18.7 Å². The Bertz CT molecular complexity index is 456. The number of fused-ring (bicyclic) bond motifs is 1. The summed E-state index contributed by atoms with van der Waals surface area (Å²) in [6, 6.07) is 6.90. The van der Waals surface area contributed by atoms with Gasteiger partial charge in [0.15, 0.2) is 0 Å². The lowest BCUT2D eigenvalue weighted by Gasteiger charge is -2.33. The van der Waals surface area contributed by atoms with Gasteiger partial charge in [-0.25, -0.2) is 0 Å². The van der Waals surface area contributed by atoms with E-state index in [0.29, 0.717) is 6.04 Å². The summed E-state index contributed by atoms with van der Waals surface area (Å²) >= 11 is 0. The van der Waals surface area contributed by atoms with E-state index in [1.54, 1.807) is 6.92 Å². The van der Waals surface area contributed by atoms with Crippen molar-refractivity contribution in [3.63, 3.8) is 0 Å². The molecule has 3 heteroatoms. The zero-order valence-electron chi connectivity index (χ0n) is 12.2. The summed E-state index contributed by atoms with van der Waals surface area (Å²) in [7, 11) is 2.22. The summed E-state index contributed by atoms with van der Waals surface area (Å²) in [4.78, 5) is 13.7. The van der Waals surface area contributed by atoms with Crippen molar-refractivity contribution >= 4 is 11.6 Å². The molecule has 1 N–H and O–H groups in total. The molecule has 0 heterocycles. The number of nitrogens with one attached hydrogen (secondary N) is 1. The normalized spacial score (nSPS) is 18.2. The molecular weight excluding hydrogens is 236 g/mol. The van der Waals surface area contributed by atoms with Crippen LogP contribution in [0.4, 0.5) is 5.69 Å². The third-order valence-electron chi connectivity index (χ3n) is 3.97. The third-order valence-corrected chi connectivity index (χ3v) is 3.97. The monoisotopic (exact) mass is 260 g/mol. The lowest BCUT2D eigenvalue weighted by molar-refractivity contribution is -0.114. The van der Waals surface area contributed by atoms with E-state index in [9.17, 15) is 4.79 Å². The molecule has 1 amide bonds. The van der Waals surface area contributed by atoms with Gasteiger partial charge >= 0.3 is 0 Å². The van der Waals surface area contributed by atoms with Gasteiger partial charge in [-0.1, -0.05) is 19.1 Å². The number of carbonyl (C=O) groups is 1. The largest absolute Gasteiger partial charge is 0.326 e. The summed E-state index contributed by atoms with van der Waals surface area (Å²) in [5.41, 5.74) is 3.73. The lowest BCUT2D eigenvalue weighted by Crippen LogP contribution is -2.37. The number of anilines is 1. The smallest absolute Gasteiger partial charge is 0.221 e. The number of likely N-dealkylation sites (N-methyl/N-ethyl adjacent to an activating group) is 1. The van der Waals surface area contributed by atoms with Gasteiger partial charge in [-0.3, -0.25) is 4.79 Å². The highest BCUT2D eigenvalue weighted by molar-refractivity contribution is 5.89. The Labute approximate surface area is 116 Å². The Kier molecular flexibility index (Phi) is 4.59. The minimum Gasteiger partial charge on any atom is -0.326 e. The Hall–Kier alpha value is -1.35. The average Bonchev–Trinajstić information content (AvgIpc) is 2.38. The molecule has 1 aromatic carbocycles. The molecule has 104 valence electrons. The lowest BCUT2D eigenvalue weighted by atomic mass is 9.86. The second kappa shape index (κ2) is 6.20. The van der Waals surface area contributed by atoms with Crippen LogP contribution in [0.2, 0.25) is 0 Å². The standard InChI is InChI=1S/C16H24N2O/c1-4-10-18(3)14-8-9-15-13(11-14)6-5-7-16(15)17-12(2)19/h5-7,14H,4,8-11H2,1-3H3,(H,17,19). The SMILES string of the molecule is CCCN(C)C1CCc2c(cccc2NC(C)=O)C1. The van der Waals surface area contributed by atoms with Crippen molar-refractivity contribution in [2.75, 3.05) is 18.9 Å². The Morgan fingerprint density at radius 2 is 2.26 bits per heavy atom. The van der Waals surface area contributed by atoms with E-state index in [0.717, 1.165) is 25.1 Å². The third kappa shape index (κ3) is 3.35. The van der Waals surface area contributed by atoms with Gasteiger partial charge in [-0.2, -0.15) is 0 Å². The summed E-state index contributed by atoms with van der Waals surface area (Å²) < 4.78 is 0. The van der Waals surface area contributed by atoms with E-state index < -0.39 is 0 Å². The molecule has 1 atom stereocenters. The molecule has 1 aliphatic carbocycles. The number of carbonyl (C=O) groups excluding carboxylic acids is 1. The van der Waals surface area contributed by atoms with Gasteiger partial charge in [0.1, 0.15) is 0 Å². The van der Waals surface area contributed by atoms with Crippen molar-refractivity contribution in [3.05, 3.63) is 29.3 Å². The van der Waals surface area contributed by atoms with E-state index in [1.165, 1.54) is 24.0 Å². The molecule has 0 radical (unpaired) electrons. The van der Waals surface area contributed by atoms with E-state index in [-0.39, 0.29) is 5.91 Å². The zero-order chi connectivity index (χ0) is 13.8. The van der Waals surface area contributed by atoms with E-state index in [1.807, 2.05) is 12.1 Å². The van der Waals surface area contributed by atoms with Gasteiger partial charge in [0.2, 0.25) is 5.91 Å². The molecule has 1 aromatic rings. The number of hydrogen-bond acceptors (Lipinski definition) is 2. The number of nitrogens with zero attached hydrogens (tertiary/aromatic N) is 1. The predicted molar refractivity (Wildman–Crippen MR) is 79.5 cm³/mol. The first-order chi connectivity index (χ1) is 9.11. The molecule has 0 aliphatic heterocycles. The first-order valence-electron chi connectivity index (χ1n) is 7.20. The number of benzene rings is 1. The Balaban J connectivity index is 2.15. The van der Waals surface area contributed by atoms with Crippen molar-refractivity contribution in [1.29, 1.82) is 0 Å². The number of amides is 1. The molecule has 0 saturated carbocycles. The number of rotatable bonds is 4. The fourth-order valence-corrected chi connectivity index (χ4v) is 3.01. The topological polar surface area (TPSA) is 32.3 Å². The van der Waals surface area contributed by atoms with Crippen LogP contribution in [0.1, 0.15) is 37.8 Å². The quantitative estimate of drug-likeness (QED) is 0.903. The van der Waals surface area contributed by atoms with Crippen LogP contribution in [-0.2, 0) is 17.6 Å². The molecule has 0 fully saturated rings. The fraction of sp³-hybridized carbons (Fsp3) is 0.562. The van der Waals surface area contributed by atoms with Crippen LogP contribution in [0, 0.1) is 0 Å². The summed E-state index contributed by atoms with van der Waals surface area (Å²) in [5.74, 6) is 0.0126. The van der Waals surface area contributed by atoms with Crippen LogP contribution < -0.4 is 5.32 Å². The summed E-state index contributed by atoms with van der Waals surface area (Å²) in [6.07, 6.45) is 4.54. The van der Waals surface area contributed by atoms with Crippen molar-refractivity contribution in [2.45, 2.75) is 45.6 Å². The molecule has 0 saturated heterocycles. The maximum absolute atomic E-state index is 11.2. The first-order valence-corrected chi connectivity index (χ1v) is 7.20. The molecular formula is C16H24N2O. The van der Waals surface area contributed by atoms with Gasteiger partial charge in [0.05, 0.1) is 0 Å². The summed E-state index contributed by atoms with van der Waals surface area (Å²) in [6.45, 7) is 4.95. The molecule has 0 aromatic heterocycles. The number of hydrogen-bond donors (Lipinski definition) is 1. The predicted octanol–water partition coefficient (Wildman–Crippen LogP) is 2.84. The van der Waals surface area contributed by atoms with Gasteiger partial charge < -0.3 is 10.2 Å². The Morgan fingerprint density at radius 3 is 2.95 bits per heavy atom. The van der Waals surface area contributed by atoms with Crippen LogP contribution >= 0.6 is 0 Å². The van der Waals surface area contributed by atoms with E-state index in [2.05, 4.69) is 30.3 Å². The Morgan fingerprint density at radius 1 is 1.47 bits per heavy atom. The van der Waals surface area contributed by atoms with Crippen molar-refractivity contribution in [3.8, 4) is 0 Å². The van der Waals surface area contributed by atoms with Gasteiger partial charge in [0.25, 0.3) is 0 Å². The zero-order valence-corrected chi connectivity index (χ0v) is 12.2. The van der Waals surface area contributed by atoms with Crippen molar-refractivity contribution < 1.29 is 4.79 Å². The van der Waals surface area contributed by atoms with Crippen LogP contribution in [0.25, 0.3) is 0 Å². The van der Waals surface area contributed by atoms with Crippen LogP contribution in [0.15, 0.2) is 18.2 Å². The van der Waals surface area contributed by atoms with Crippen molar-refractivity contribution in [2.24, 2.45) is 0 Å². The maximum atomic E-state index is 11.2.